The van der Waals surface area contributed by atoms with E-state index in [2.05, 4.69) is 36.2 Å². The second-order valence-corrected chi connectivity index (χ2v) is 4.51. The molecular formula is C13H25N3O2. The summed E-state index contributed by atoms with van der Waals surface area (Å²) in [6.07, 6.45) is 2.78. The molecule has 0 aliphatic carbocycles. The molecule has 0 aliphatic heterocycles. The monoisotopic (exact) mass is 255 g/mol. The number of nitrogens with zero attached hydrogens (tertiary/aromatic N) is 2. The Morgan fingerprint density at radius 2 is 2.17 bits per heavy atom. The molecule has 0 spiro atoms. The van der Waals surface area contributed by atoms with Gasteiger partial charge in [-0.2, -0.15) is 4.98 Å². The van der Waals surface area contributed by atoms with Crippen LogP contribution in [0.5, 0.6) is 0 Å². The third kappa shape index (κ3) is 4.38. The van der Waals surface area contributed by atoms with Crippen LogP contribution < -0.4 is 5.32 Å². The first-order valence-corrected chi connectivity index (χ1v) is 6.77. The predicted octanol–water partition coefficient (Wildman–Crippen LogP) is 2.14. The third-order valence-electron chi connectivity index (χ3n) is 3.13. The lowest BCUT2D eigenvalue weighted by Crippen LogP contribution is -2.33. The number of aryl methyl sites for hydroxylation is 1. The van der Waals surface area contributed by atoms with Crippen LogP contribution in [0.2, 0.25) is 0 Å². The third-order valence-corrected chi connectivity index (χ3v) is 3.13. The summed E-state index contributed by atoms with van der Waals surface area (Å²) in [5.74, 6) is 1.76. The van der Waals surface area contributed by atoms with Crippen molar-refractivity contribution in [3.63, 3.8) is 0 Å². The second-order valence-electron chi connectivity index (χ2n) is 4.51. The van der Waals surface area contributed by atoms with Gasteiger partial charge in [-0.3, -0.25) is 0 Å². The van der Waals surface area contributed by atoms with Gasteiger partial charge in [0.15, 0.2) is 5.82 Å². The molecule has 1 rings (SSSR count). The van der Waals surface area contributed by atoms with Gasteiger partial charge in [-0.05, 0) is 19.4 Å². The number of rotatable bonds is 9. The quantitative estimate of drug-likeness (QED) is 0.685. The van der Waals surface area contributed by atoms with E-state index < -0.39 is 0 Å². The molecule has 5 heteroatoms. The minimum atomic E-state index is 0.249. The number of hydrogen-bond acceptors (Lipinski definition) is 5. The zero-order valence-electron chi connectivity index (χ0n) is 11.9. The first kappa shape index (κ1) is 15.1. The maximum Gasteiger partial charge on any atom is 0.231 e. The molecule has 0 saturated heterocycles. The largest absolute Gasteiger partial charge is 0.385 e. The lowest BCUT2D eigenvalue weighted by Gasteiger charge is -2.20. The molecule has 2 atom stereocenters. The van der Waals surface area contributed by atoms with Gasteiger partial charge in [0.05, 0.1) is 5.92 Å². The zero-order valence-corrected chi connectivity index (χ0v) is 11.9. The number of aromatic nitrogens is 2. The van der Waals surface area contributed by atoms with Gasteiger partial charge in [-0.15, -0.1) is 0 Å². The molecule has 2 unspecified atom stereocenters. The summed E-state index contributed by atoms with van der Waals surface area (Å²) >= 11 is 0. The fourth-order valence-corrected chi connectivity index (χ4v) is 2.04. The lowest BCUT2D eigenvalue weighted by atomic mass is 9.99. The molecule has 1 aromatic heterocycles. The Hall–Kier alpha value is -0.940. The van der Waals surface area contributed by atoms with Crippen LogP contribution in [-0.2, 0) is 11.2 Å². The van der Waals surface area contributed by atoms with Gasteiger partial charge in [0.1, 0.15) is 0 Å². The van der Waals surface area contributed by atoms with Crippen molar-refractivity contribution in [2.24, 2.45) is 0 Å². The summed E-state index contributed by atoms with van der Waals surface area (Å²) in [6, 6.07) is 0.391. The summed E-state index contributed by atoms with van der Waals surface area (Å²) in [5, 5.41) is 7.46. The van der Waals surface area contributed by atoms with Gasteiger partial charge in [-0.25, -0.2) is 0 Å². The summed E-state index contributed by atoms with van der Waals surface area (Å²) in [6.45, 7) is 8.09. The van der Waals surface area contributed by atoms with Crippen molar-refractivity contribution >= 4 is 0 Å². The Balaban J connectivity index is 2.54. The van der Waals surface area contributed by atoms with Gasteiger partial charge >= 0.3 is 0 Å². The fraction of sp³-hybridized carbons (Fsp3) is 0.846. The highest BCUT2D eigenvalue weighted by Crippen LogP contribution is 2.19. The van der Waals surface area contributed by atoms with Crippen molar-refractivity contribution in [1.82, 2.24) is 15.5 Å². The molecule has 104 valence electrons. The van der Waals surface area contributed by atoms with E-state index >= 15 is 0 Å². The highest BCUT2D eigenvalue weighted by atomic mass is 16.5. The number of nitrogens with one attached hydrogen (secondary N) is 1. The minimum Gasteiger partial charge on any atom is -0.385 e. The van der Waals surface area contributed by atoms with Gasteiger partial charge in [0.2, 0.25) is 5.89 Å². The second kappa shape index (κ2) is 8.21. The van der Waals surface area contributed by atoms with Crippen LogP contribution in [-0.4, -0.2) is 36.4 Å². The Kier molecular flexibility index (Phi) is 6.90. The number of ether oxygens (including phenoxy) is 1. The predicted molar refractivity (Wildman–Crippen MR) is 70.7 cm³/mol. The van der Waals surface area contributed by atoms with Gasteiger partial charge < -0.3 is 14.6 Å². The molecule has 1 N–H and O–H groups in total. The maximum atomic E-state index is 5.34. The van der Waals surface area contributed by atoms with Crippen molar-refractivity contribution in [3.8, 4) is 0 Å². The molecule has 0 amide bonds. The maximum absolute atomic E-state index is 5.34. The molecule has 0 radical (unpaired) electrons. The number of methoxy groups -OCH3 is 1. The summed E-state index contributed by atoms with van der Waals surface area (Å²) in [7, 11) is 1.70. The Morgan fingerprint density at radius 3 is 2.78 bits per heavy atom. The Morgan fingerprint density at radius 1 is 1.39 bits per heavy atom. The molecule has 0 bridgehead atoms. The van der Waals surface area contributed by atoms with Crippen molar-refractivity contribution in [1.29, 1.82) is 0 Å². The van der Waals surface area contributed by atoms with E-state index in [1.807, 2.05) is 0 Å². The van der Waals surface area contributed by atoms with Crippen molar-refractivity contribution in [2.45, 2.75) is 52.0 Å². The van der Waals surface area contributed by atoms with E-state index in [9.17, 15) is 0 Å². The smallest absolute Gasteiger partial charge is 0.231 e. The summed E-state index contributed by atoms with van der Waals surface area (Å²) in [5.41, 5.74) is 0. The van der Waals surface area contributed by atoms with Gasteiger partial charge in [0, 0.05) is 26.2 Å². The molecular weight excluding hydrogens is 230 g/mol. The summed E-state index contributed by atoms with van der Waals surface area (Å²) < 4.78 is 10.4. The van der Waals surface area contributed by atoms with Crippen molar-refractivity contribution in [2.75, 3.05) is 20.3 Å². The van der Waals surface area contributed by atoms with Gasteiger partial charge in [0.25, 0.3) is 0 Å². The van der Waals surface area contributed by atoms with Crippen molar-refractivity contribution < 1.29 is 9.26 Å². The standard InChI is InChI=1S/C13H25N3O2/c1-5-11(14-6-2)10(3)13-15-12(16-18-13)8-7-9-17-4/h10-11,14H,5-9H2,1-4H3. The fourth-order valence-electron chi connectivity index (χ4n) is 2.04. The summed E-state index contributed by atoms with van der Waals surface area (Å²) in [4.78, 5) is 4.46. The Labute approximate surface area is 109 Å². The molecule has 0 saturated carbocycles. The van der Waals surface area contributed by atoms with E-state index in [1.54, 1.807) is 7.11 Å². The van der Waals surface area contributed by atoms with Crippen molar-refractivity contribution in [3.05, 3.63) is 11.7 Å². The van der Waals surface area contributed by atoms with Crippen LogP contribution in [0.3, 0.4) is 0 Å². The normalized spacial score (nSPS) is 14.7. The van der Waals surface area contributed by atoms with Crippen LogP contribution in [0, 0.1) is 0 Å². The lowest BCUT2D eigenvalue weighted by molar-refractivity contribution is 0.194. The van der Waals surface area contributed by atoms with Crippen LogP contribution in [0.25, 0.3) is 0 Å². The SMILES string of the molecule is CCNC(CC)C(C)c1nc(CCCOC)no1. The average molecular weight is 255 g/mol. The minimum absolute atomic E-state index is 0.249. The molecule has 18 heavy (non-hydrogen) atoms. The molecule has 5 nitrogen and oxygen atoms in total. The van der Waals surface area contributed by atoms with Crippen LogP contribution in [0.4, 0.5) is 0 Å². The number of likely N-dealkylation sites (N-methyl/N-ethyl adjacent to an activating group) is 1. The van der Waals surface area contributed by atoms with Crippen LogP contribution in [0.1, 0.15) is 51.2 Å². The topological polar surface area (TPSA) is 60.2 Å². The zero-order chi connectivity index (χ0) is 13.4. The molecule has 0 fully saturated rings. The van der Waals surface area contributed by atoms with E-state index in [0.29, 0.717) is 6.04 Å². The average Bonchev–Trinajstić information content (AvgIpc) is 2.84. The molecule has 0 aliphatic rings. The van der Waals surface area contributed by atoms with Gasteiger partial charge in [-0.1, -0.05) is 25.9 Å². The van der Waals surface area contributed by atoms with E-state index in [4.69, 9.17) is 9.26 Å². The highest BCUT2D eigenvalue weighted by Gasteiger charge is 2.21. The Bertz CT molecular complexity index is 328. The first-order chi connectivity index (χ1) is 8.72. The van der Waals surface area contributed by atoms with E-state index in [0.717, 1.165) is 44.1 Å². The highest BCUT2D eigenvalue weighted by molar-refractivity contribution is 4.97. The van der Waals surface area contributed by atoms with E-state index in [1.165, 1.54) is 0 Å². The van der Waals surface area contributed by atoms with E-state index in [-0.39, 0.29) is 5.92 Å². The molecule has 0 aromatic carbocycles. The van der Waals surface area contributed by atoms with Crippen LogP contribution >= 0.6 is 0 Å². The first-order valence-electron chi connectivity index (χ1n) is 6.77. The van der Waals surface area contributed by atoms with Crippen LogP contribution in [0.15, 0.2) is 4.52 Å². The molecule has 1 heterocycles. The number of hydrogen-bond donors (Lipinski definition) is 1. The molecule has 1 aromatic rings.